The van der Waals surface area contributed by atoms with Crippen LogP contribution in [-0.2, 0) is 6.61 Å². The van der Waals surface area contributed by atoms with Gasteiger partial charge in [0.25, 0.3) is 0 Å². The third-order valence-corrected chi connectivity index (χ3v) is 2.56. The van der Waals surface area contributed by atoms with Crippen molar-refractivity contribution in [3.63, 3.8) is 0 Å². The number of anilines is 1. The minimum atomic E-state index is -0.358. The Kier molecular flexibility index (Phi) is 3.67. The Morgan fingerprint density at radius 2 is 1.94 bits per heavy atom. The normalized spacial score (nSPS) is 10.1. The van der Waals surface area contributed by atoms with Gasteiger partial charge in [-0.25, -0.2) is 4.39 Å². The minimum absolute atomic E-state index is 0.129. The predicted molar refractivity (Wildman–Crippen MR) is 68.1 cm³/mol. The summed E-state index contributed by atoms with van der Waals surface area (Å²) in [6, 6.07) is 11.8. The predicted octanol–water partition coefficient (Wildman–Crippen LogP) is 3.00. The molecule has 0 aliphatic carbocycles. The Hall–Kier alpha value is -2.23. The summed E-state index contributed by atoms with van der Waals surface area (Å²) in [6.45, 7) is 0.129. The van der Waals surface area contributed by atoms with Crippen molar-refractivity contribution in [2.24, 2.45) is 0 Å². The van der Waals surface area contributed by atoms with Crippen molar-refractivity contribution >= 4 is 5.69 Å². The maximum atomic E-state index is 13.6. The van der Waals surface area contributed by atoms with Crippen LogP contribution in [0.2, 0.25) is 0 Å². The molecule has 0 unspecified atom stereocenters. The second kappa shape index (κ2) is 5.40. The average molecular weight is 247 g/mol. The second-order valence-electron chi connectivity index (χ2n) is 3.78. The van der Waals surface area contributed by atoms with Gasteiger partial charge in [-0.15, -0.1) is 0 Å². The lowest BCUT2D eigenvalue weighted by molar-refractivity contribution is 0.301. The fourth-order valence-electron chi connectivity index (χ4n) is 1.54. The molecule has 94 valence electrons. The van der Waals surface area contributed by atoms with E-state index < -0.39 is 0 Å². The molecular formula is C14H14FNO2. The van der Waals surface area contributed by atoms with Gasteiger partial charge in [-0.2, -0.15) is 0 Å². The van der Waals surface area contributed by atoms with Crippen LogP contribution in [0.1, 0.15) is 5.56 Å². The number of methoxy groups -OCH3 is 1. The molecule has 0 radical (unpaired) electrons. The average Bonchev–Trinajstić information content (AvgIpc) is 2.39. The number of halogens is 1. The first kappa shape index (κ1) is 12.2. The Labute approximate surface area is 105 Å². The number of benzene rings is 2. The van der Waals surface area contributed by atoms with Gasteiger partial charge in [0.2, 0.25) is 0 Å². The molecule has 2 aromatic carbocycles. The van der Waals surface area contributed by atoms with E-state index in [-0.39, 0.29) is 12.4 Å². The van der Waals surface area contributed by atoms with E-state index in [1.807, 2.05) is 12.1 Å². The zero-order valence-corrected chi connectivity index (χ0v) is 10.0. The van der Waals surface area contributed by atoms with E-state index in [1.165, 1.54) is 13.2 Å². The molecule has 0 saturated carbocycles. The summed E-state index contributed by atoms with van der Waals surface area (Å²) < 4.78 is 24.1. The van der Waals surface area contributed by atoms with E-state index in [2.05, 4.69) is 0 Å². The van der Waals surface area contributed by atoms with E-state index in [0.29, 0.717) is 22.7 Å². The first-order chi connectivity index (χ1) is 8.70. The highest BCUT2D eigenvalue weighted by atomic mass is 19.1. The Morgan fingerprint density at radius 3 is 2.61 bits per heavy atom. The van der Waals surface area contributed by atoms with Crippen molar-refractivity contribution in [2.75, 3.05) is 12.8 Å². The van der Waals surface area contributed by atoms with Crippen molar-refractivity contribution in [3.05, 3.63) is 53.8 Å². The van der Waals surface area contributed by atoms with E-state index in [1.54, 1.807) is 24.3 Å². The fraction of sp³-hybridized carbons (Fsp3) is 0.143. The first-order valence-corrected chi connectivity index (χ1v) is 5.50. The van der Waals surface area contributed by atoms with Crippen LogP contribution in [0.25, 0.3) is 0 Å². The summed E-state index contributed by atoms with van der Waals surface area (Å²) >= 11 is 0. The lowest BCUT2D eigenvalue weighted by Crippen LogP contribution is -2.01. The number of hydrogen-bond acceptors (Lipinski definition) is 3. The minimum Gasteiger partial charge on any atom is -0.497 e. The van der Waals surface area contributed by atoms with E-state index in [4.69, 9.17) is 15.2 Å². The van der Waals surface area contributed by atoms with Gasteiger partial charge in [-0.3, -0.25) is 0 Å². The van der Waals surface area contributed by atoms with Crippen LogP contribution >= 0.6 is 0 Å². The molecule has 2 rings (SSSR count). The molecule has 2 aromatic rings. The summed E-state index contributed by atoms with van der Waals surface area (Å²) in [4.78, 5) is 0. The lowest BCUT2D eigenvalue weighted by Gasteiger charge is -2.09. The van der Waals surface area contributed by atoms with Crippen molar-refractivity contribution < 1.29 is 13.9 Å². The summed E-state index contributed by atoms with van der Waals surface area (Å²) in [5.41, 5.74) is 6.72. The third kappa shape index (κ3) is 2.71. The number of nitrogen functional groups attached to an aromatic ring is 1. The van der Waals surface area contributed by atoms with E-state index in [9.17, 15) is 4.39 Å². The molecule has 0 bridgehead atoms. The van der Waals surface area contributed by atoms with Gasteiger partial charge in [0.15, 0.2) is 0 Å². The quantitative estimate of drug-likeness (QED) is 0.845. The second-order valence-corrected chi connectivity index (χ2v) is 3.78. The van der Waals surface area contributed by atoms with Crippen LogP contribution in [0.15, 0.2) is 42.5 Å². The molecule has 3 nitrogen and oxygen atoms in total. The van der Waals surface area contributed by atoms with Crippen LogP contribution in [0.3, 0.4) is 0 Å². The van der Waals surface area contributed by atoms with Crippen LogP contribution in [0.5, 0.6) is 11.5 Å². The van der Waals surface area contributed by atoms with Gasteiger partial charge in [0.1, 0.15) is 23.9 Å². The molecule has 0 saturated heterocycles. The molecule has 0 fully saturated rings. The van der Waals surface area contributed by atoms with Gasteiger partial charge in [-0.1, -0.05) is 12.1 Å². The van der Waals surface area contributed by atoms with Crippen LogP contribution < -0.4 is 15.2 Å². The van der Waals surface area contributed by atoms with Crippen molar-refractivity contribution in [2.45, 2.75) is 6.61 Å². The largest absolute Gasteiger partial charge is 0.497 e. The van der Waals surface area contributed by atoms with Gasteiger partial charge >= 0.3 is 0 Å². The molecule has 0 aliphatic heterocycles. The van der Waals surface area contributed by atoms with Crippen LogP contribution in [0, 0.1) is 5.82 Å². The molecule has 0 aliphatic rings. The number of para-hydroxylation sites is 2. The fourth-order valence-corrected chi connectivity index (χ4v) is 1.54. The van der Waals surface area contributed by atoms with Crippen molar-refractivity contribution in [1.29, 1.82) is 0 Å². The highest BCUT2D eigenvalue weighted by Crippen LogP contribution is 2.22. The smallest absolute Gasteiger partial charge is 0.142 e. The summed E-state index contributed by atoms with van der Waals surface area (Å²) in [5.74, 6) is 0.673. The monoisotopic (exact) mass is 247 g/mol. The van der Waals surface area contributed by atoms with Gasteiger partial charge in [-0.05, 0) is 24.3 Å². The maximum absolute atomic E-state index is 13.6. The number of hydrogen-bond donors (Lipinski definition) is 1. The summed E-state index contributed by atoms with van der Waals surface area (Å²) in [6.07, 6.45) is 0. The van der Waals surface area contributed by atoms with Crippen LogP contribution in [0.4, 0.5) is 10.1 Å². The Bertz CT molecular complexity index is 543. The first-order valence-electron chi connectivity index (χ1n) is 5.50. The molecular weight excluding hydrogens is 233 g/mol. The van der Waals surface area contributed by atoms with Gasteiger partial charge in [0, 0.05) is 11.6 Å². The molecule has 4 heteroatoms. The molecule has 0 spiro atoms. The summed E-state index contributed by atoms with van der Waals surface area (Å²) in [7, 11) is 1.50. The molecule has 18 heavy (non-hydrogen) atoms. The molecule has 0 aromatic heterocycles. The zero-order chi connectivity index (χ0) is 13.0. The van der Waals surface area contributed by atoms with E-state index >= 15 is 0 Å². The number of rotatable bonds is 4. The topological polar surface area (TPSA) is 44.5 Å². The lowest BCUT2D eigenvalue weighted by atomic mass is 10.2. The Morgan fingerprint density at radius 1 is 1.17 bits per heavy atom. The standard InChI is InChI=1S/C14H14FNO2/c1-17-11-7-6-10(12(15)8-11)9-18-14-5-3-2-4-13(14)16/h2-8H,9,16H2,1H3. The van der Waals surface area contributed by atoms with E-state index in [0.717, 1.165) is 0 Å². The highest BCUT2D eigenvalue weighted by molar-refractivity contribution is 5.51. The highest BCUT2D eigenvalue weighted by Gasteiger charge is 2.06. The van der Waals surface area contributed by atoms with Crippen molar-refractivity contribution in [1.82, 2.24) is 0 Å². The molecule has 0 heterocycles. The number of nitrogens with two attached hydrogens (primary N) is 1. The summed E-state index contributed by atoms with van der Waals surface area (Å²) in [5, 5.41) is 0. The van der Waals surface area contributed by atoms with Gasteiger partial charge < -0.3 is 15.2 Å². The molecule has 0 atom stereocenters. The zero-order valence-electron chi connectivity index (χ0n) is 10.0. The number of ether oxygens (including phenoxy) is 2. The molecule has 2 N–H and O–H groups in total. The van der Waals surface area contributed by atoms with Crippen molar-refractivity contribution in [3.8, 4) is 11.5 Å². The third-order valence-electron chi connectivity index (χ3n) is 2.56. The SMILES string of the molecule is COc1ccc(COc2ccccc2N)c(F)c1. The van der Waals surface area contributed by atoms with Gasteiger partial charge in [0.05, 0.1) is 12.8 Å². The maximum Gasteiger partial charge on any atom is 0.142 e. The molecule has 0 amide bonds. The Balaban J connectivity index is 2.09. The van der Waals surface area contributed by atoms with Crippen LogP contribution in [-0.4, -0.2) is 7.11 Å².